The van der Waals surface area contributed by atoms with Gasteiger partial charge in [0.2, 0.25) is 5.75 Å². The van der Waals surface area contributed by atoms with Crippen molar-refractivity contribution in [2.75, 3.05) is 0 Å². The first kappa shape index (κ1) is 12.8. The van der Waals surface area contributed by atoms with Crippen molar-refractivity contribution in [2.45, 2.75) is 0 Å². The van der Waals surface area contributed by atoms with Crippen molar-refractivity contribution in [1.82, 2.24) is 9.97 Å². The van der Waals surface area contributed by atoms with Crippen molar-refractivity contribution in [3.8, 4) is 17.1 Å². The molecule has 0 aliphatic heterocycles. The number of benzene rings is 2. The van der Waals surface area contributed by atoms with Gasteiger partial charge in [-0.2, -0.15) is 0 Å². The van der Waals surface area contributed by atoms with Gasteiger partial charge in [-0.3, -0.25) is 14.9 Å². The van der Waals surface area contributed by atoms with Gasteiger partial charge in [-0.25, -0.2) is 4.98 Å². The van der Waals surface area contributed by atoms with Gasteiger partial charge < -0.3 is 10.1 Å². The largest absolute Gasteiger partial charge is 0.502 e. The zero-order valence-corrected chi connectivity index (χ0v) is 10.6. The molecule has 21 heavy (non-hydrogen) atoms. The van der Waals surface area contributed by atoms with E-state index in [2.05, 4.69) is 9.97 Å². The van der Waals surface area contributed by atoms with Gasteiger partial charge in [-0.1, -0.05) is 18.2 Å². The zero-order chi connectivity index (χ0) is 15.0. The predicted octanol–water partition coefficient (Wildman–Crippen LogP) is 2.20. The summed E-state index contributed by atoms with van der Waals surface area (Å²) in [5.74, 6) is -0.444. The normalized spacial score (nSPS) is 10.7. The predicted molar refractivity (Wildman–Crippen MR) is 76.1 cm³/mol. The Balaban J connectivity index is 2.29. The zero-order valence-electron chi connectivity index (χ0n) is 10.6. The molecule has 2 N–H and O–H groups in total. The first-order valence-electron chi connectivity index (χ1n) is 6.04. The second kappa shape index (κ2) is 4.71. The lowest BCUT2D eigenvalue weighted by molar-refractivity contribution is -0.385. The number of rotatable bonds is 2. The number of nitrogens with zero attached hydrogens (tertiary/aromatic N) is 2. The lowest BCUT2D eigenvalue weighted by Crippen LogP contribution is -2.09. The van der Waals surface area contributed by atoms with Crippen molar-refractivity contribution >= 4 is 16.6 Å². The molecule has 1 aromatic heterocycles. The molecule has 0 spiro atoms. The summed E-state index contributed by atoms with van der Waals surface area (Å²) in [6.07, 6.45) is 0. The molecule has 0 bridgehead atoms. The molecule has 0 saturated carbocycles. The van der Waals surface area contributed by atoms with Crippen molar-refractivity contribution in [3.63, 3.8) is 0 Å². The molecule has 2 aromatic carbocycles. The van der Waals surface area contributed by atoms with E-state index in [-0.39, 0.29) is 16.9 Å². The Morgan fingerprint density at radius 2 is 1.90 bits per heavy atom. The van der Waals surface area contributed by atoms with Gasteiger partial charge in [0, 0.05) is 6.07 Å². The third kappa shape index (κ3) is 2.10. The molecule has 0 aliphatic carbocycles. The van der Waals surface area contributed by atoms with Crippen LogP contribution < -0.4 is 5.56 Å². The van der Waals surface area contributed by atoms with Crippen molar-refractivity contribution in [2.24, 2.45) is 0 Å². The second-order valence-electron chi connectivity index (χ2n) is 4.36. The fourth-order valence-electron chi connectivity index (χ4n) is 2.08. The molecule has 0 atom stereocenters. The van der Waals surface area contributed by atoms with Gasteiger partial charge in [-0.05, 0) is 18.2 Å². The molecule has 3 rings (SSSR count). The molecular weight excluding hydrogens is 274 g/mol. The summed E-state index contributed by atoms with van der Waals surface area (Å²) >= 11 is 0. The molecule has 0 aliphatic rings. The van der Waals surface area contributed by atoms with Gasteiger partial charge >= 0.3 is 5.69 Å². The number of hydrogen-bond acceptors (Lipinski definition) is 5. The number of para-hydroxylation sites is 2. The Kier molecular flexibility index (Phi) is 2.87. The lowest BCUT2D eigenvalue weighted by atomic mass is 10.1. The van der Waals surface area contributed by atoms with Gasteiger partial charge in [0.15, 0.2) is 0 Å². The lowest BCUT2D eigenvalue weighted by Gasteiger charge is -2.05. The van der Waals surface area contributed by atoms with Crippen LogP contribution in [0.3, 0.4) is 0 Å². The minimum atomic E-state index is -0.696. The molecule has 1 heterocycles. The molecular formula is C14H9N3O4. The van der Waals surface area contributed by atoms with Gasteiger partial charge in [0.05, 0.1) is 21.4 Å². The Morgan fingerprint density at radius 3 is 2.67 bits per heavy atom. The maximum atomic E-state index is 12.0. The third-order valence-electron chi connectivity index (χ3n) is 3.08. The number of aromatic nitrogens is 2. The van der Waals surface area contributed by atoms with E-state index in [0.717, 1.165) is 0 Å². The van der Waals surface area contributed by atoms with E-state index in [9.17, 15) is 20.0 Å². The van der Waals surface area contributed by atoms with Crippen LogP contribution in [-0.2, 0) is 0 Å². The highest BCUT2D eigenvalue weighted by atomic mass is 16.6. The number of phenolic OH excluding ortho intramolecular Hbond substituents is 1. The fraction of sp³-hybridized carbons (Fsp3) is 0. The van der Waals surface area contributed by atoms with E-state index in [0.29, 0.717) is 10.9 Å². The van der Waals surface area contributed by atoms with Crippen LogP contribution >= 0.6 is 0 Å². The first-order valence-corrected chi connectivity index (χ1v) is 6.04. The second-order valence-corrected chi connectivity index (χ2v) is 4.36. The van der Waals surface area contributed by atoms with Crippen LogP contribution in [0.5, 0.6) is 5.75 Å². The van der Waals surface area contributed by atoms with Crippen molar-refractivity contribution < 1.29 is 10.0 Å². The summed E-state index contributed by atoms with van der Waals surface area (Å²) < 4.78 is 0. The summed E-state index contributed by atoms with van der Waals surface area (Å²) in [6.45, 7) is 0. The van der Waals surface area contributed by atoms with E-state index in [1.165, 1.54) is 18.2 Å². The Labute approximate surface area is 117 Å². The Bertz CT molecular complexity index is 917. The molecule has 3 aromatic rings. The van der Waals surface area contributed by atoms with Crippen LogP contribution in [-0.4, -0.2) is 20.0 Å². The SMILES string of the molecule is O=c1[nH]c(-c2cccc([N+](=O)[O-])c2O)nc2ccccc12. The monoisotopic (exact) mass is 283 g/mol. The maximum absolute atomic E-state index is 12.0. The molecule has 0 saturated heterocycles. The summed E-state index contributed by atoms with van der Waals surface area (Å²) in [5.41, 5.74) is -0.265. The minimum Gasteiger partial charge on any atom is -0.502 e. The van der Waals surface area contributed by atoms with Crippen LogP contribution in [0.1, 0.15) is 0 Å². The van der Waals surface area contributed by atoms with Crippen LogP contribution in [0.15, 0.2) is 47.3 Å². The standard InChI is InChI=1S/C14H9N3O4/c18-12-9(5-3-7-11(12)17(20)21)13-15-10-6-2-1-4-8(10)14(19)16-13/h1-7,18H,(H,15,16,19). The van der Waals surface area contributed by atoms with Gasteiger partial charge in [0.1, 0.15) is 5.82 Å². The Morgan fingerprint density at radius 1 is 1.14 bits per heavy atom. The average Bonchev–Trinajstić information content (AvgIpc) is 2.47. The molecule has 104 valence electrons. The van der Waals surface area contributed by atoms with E-state index >= 15 is 0 Å². The van der Waals surface area contributed by atoms with E-state index < -0.39 is 16.4 Å². The summed E-state index contributed by atoms with van der Waals surface area (Å²) in [6, 6.07) is 10.8. The van der Waals surface area contributed by atoms with Crippen LogP contribution in [0, 0.1) is 10.1 Å². The number of nitro groups is 1. The first-order chi connectivity index (χ1) is 10.1. The highest BCUT2D eigenvalue weighted by molar-refractivity contribution is 5.80. The van der Waals surface area contributed by atoms with E-state index in [1.54, 1.807) is 24.3 Å². The van der Waals surface area contributed by atoms with Gasteiger partial charge in [0.25, 0.3) is 5.56 Å². The maximum Gasteiger partial charge on any atom is 0.311 e. The number of nitro benzene ring substituents is 1. The quantitative estimate of drug-likeness (QED) is 0.553. The number of nitrogens with one attached hydrogen (secondary N) is 1. The van der Waals surface area contributed by atoms with Gasteiger partial charge in [-0.15, -0.1) is 0 Å². The van der Waals surface area contributed by atoms with Crippen LogP contribution in [0.4, 0.5) is 5.69 Å². The summed E-state index contributed by atoms with van der Waals surface area (Å²) in [7, 11) is 0. The number of phenols is 1. The van der Waals surface area contributed by atoms with Crippen LogP contribution in [0.2, 0.25) is 0 Å². The number of fused-ring (bicyclic) bond motifs is 1. The molecule has 7 heteroatoms. The molecule has 0 amide bonds. The minimum absolute atomic E-state index is 0.0832. The highest BCUT2D eigenvalue weighted by Crippen LogP contribution is 2.34. The molecule has 0 fully saturated rings. The fourth-order valence-corrected chi connectivity index (χ4v) is 2.08. The summed E-state index contributed by atoms with van der Waals surface area (Å²) in [4.78, 5) is 28.9. The average molecular weight is 283 g/mol. The van der Waals surface area contributed by atoms with E-state index in [1.807, 2.05) is 0 Å². The molecule has 0 radical (unpaired) electrons. The number of H-pyrrole nitrogens is 1. The topological polar surface area (TPSA) is 109 Å². The number of hydrogen-bond donors (Lipinski definition) is 2. The summed E-state index contributed by atoms with van der Waals surface area (Å²) in [5, 5.41) is 21.2. The van der Waals surface area contributed by atoms with Crippen LogP contribution in [0.25, 0.3) is 22.3 Å². The van der Waals surface area contributed by atoms with Crippen molar-refractivity contribution in [3.05, 3.63) is 62.9 Å². The number of aromatic amines is 1. The van der Waals surface area contributed by atoms with Crippen molar-refractivity contribution in [1.29, 1.82) is 0 Å². The smallest absolute Gasteiger partial charge is 0.311 e. The highest BCUT2D eigenvalue weighted by Gasteiger charge is 2.19. The molecule has 0 unspecified atom stereocenters. The Hall–Kier alpha value is -3.22. The third-order valence-corrected chi connectivity index (χ3v) is 3.08. The number of aromatic hydroxyl groups is 1. The molecule has 7 nitrogen and oxygen atoms in total. The van der Waals surface area contributed by atoms with E-state index in [4.69, 9.17) is 0 Å².